The summed E-state index contributed by atoms with van der Waals surface area (Å²) < 4.78 is 11.3. The van der Waals surface area contributed by atoms with Crippen molar-refractivity contribution in [1.82, 2.24) is 4.98 Å². The minimum Gasteiger partial charge on any atom is -0.350 e. The first-order valence-corrected chi connectivity index (χ1v) is 6.28. The van der Waals surface area contributed by atoms with Gasteiger partial charge in [-0.05, 0) is 6.07 Å². The SMILES string of the molecule is Clc1cnc(N2CCC3(C2)OCCO3)c(Cl)c1. The van der Waals surface area contributed by atoms with Crippen molar-refractivity contribution in [2.75, 3.05) is 31.2 Å². The average molecular weight is 275 g/mol. The van der Waals surface area contributed by atoms with Crippen molar-refractivity contribution in [2.24, 2.45) is 0 Å². The number of aromatic nitrogens is 1. The van der Waals surface area contributed by atoms with Crippen LogP contribution >= 0.6 is 23.2 Å². The van der Waals surface area contributed by atoms with E-state index >= 15 is 0 Å². The Hall–Kier alpha value is -0.550. The summed E-state index contributed by atoms with van der Waals surface area (Å²) in [7, 11) is 0. The molecule has 0 unspecified atom stereocenters. The van der Waals surface area contributed by atoms with Gasteiger partial charge in [0.25, 0.3) is 0 Å². The highest BCUT2D eigenvalue weighted by molar-refractivity contribution is 6.36. The molecule has 0 atom stereocenters. The van der Waals surface area contributed by atoms with Gasteiger partial charge in [-0.2, -0.15) is 0 Å². The van der Waals surface area contributed by atoms with E-state index in [1.807, 2.05) is 0 Å². The summed E-state index contributed by atoms with van der Waals surface area (Å²) in [4.78, 5) is 6.34. The molecule has 0 N–H and O–H groups in total. The zero-order chi connectivity index (χ0) is 11.9. The van der Waals surface area contributed by atoms with E-state index in [0.29, 0.717) is 29.8 Å². The number of rotatable bonds is 1. The Labute approximate surface area is 109 Å². The van der Waals surface area contributed by atoms with Gasteiger partial charge in [0.2, 0.25) is 0 Å². The highest BCUT2D eigenvalue weighted by Crippen LogP contribution is 2.35. The molecule has 92 valence electrons. The molecule has 1 spiro atoms. The van der Waals surface area contributed by atoms with Crippen LogP contribution in [-0.4, -0.2) is 37.1 Å². The largest absolute Gasteiger partial charge is 0.350 e. The maximum Gasteiger partial charge on any atom is 0.187 e. The van der Waals surface area contributed by atoms with Gasteiger partial charge in [0.05, 0.1) is 29.8 Å². The molecule has 3 heterocycles. The fourth-order valence-corrected chi connectivity index (χ4v) is 2.81. The zero-order valence-corrected chi connectivity index (χ0v) is 10.7. The van der Waals surface area contributed by atoms with Crippen LogP contribution in [0.25, 0.3) is 0 Å². The first-order valence-electron chi connectivity index (χ1n) is 5.52. The van der Waals surface area contributed by atoms with Gasteiger partial charge in [0, 0.05) is 19.2 Å². The minimum atomic E-state index is -0.454. The second kappa shape index (κ2) is 4.28. The Kier molecular flexibility index (Phi) is 2.91. The molecule has 0 saturated carbocycles. The smallest absolute Gasteiger partial charge is 0.187 e. The Morgan fingerprint density at radius 2 is 2.06 bits per heavy atom. The van der Waals surface area contributed by atoms with Gasteiger partial charge in [0.15, 0.2) is 5.79 Å². The van der Waals surface area contributed by atoms with Gasteiger partial charge in [-0.25, -0.2) is 4.98 Å². The van der Waals surface area contributed by atoms with Crippen LogP contribution in [0, 0.1) is 0 Å². The molecule has 2 fully saturated rings. The van der Waals surface area contributed by atoms with Gasteiger partial charge < -0.3 is 14.4 Å². The van der Waals surface area contributed by atoms with Gasteiger partial charge in [-0.3, -0.25) is 0 Å². The molecule has 4 nitrogen and oxygen atoms in total. The van der Waals surface area contributed by atoms with E-state index in [-0.39, 0.29) is 0 Å². The zero-order valence-electron chi connectivity index (χ0n) is 9.16. The second-order valence-corrected chi connectivity index (χ2v) is 5.08. The third-order valence-corrected chi connectivity index (χ3v) is 3.58. The van der Waals surface area contributed by atoms with Crippen LogP contribution in [0.5, 0.6) is 0 Å². The number of halogens is 2. The van der Waals surface area contributed by atoms with Crippen LogP contribution in [0.1, 0.15) is 6.42 Å². The topological polar surface area (TPSA) is 34.6 Å². The molecule has 0 aliphatic carbocycles. The predicted molar refractivity (Wildman–Crippen MR) is 65.7 cm³/mol. The number of ether oxygens (including phenoxy) is 2. The van der Waals surface area contributed by atoms with Gasteiger partial charge in [0.1, 0.15) is 5.82 Å². The maximum atomic E-state index is 6.13. The van der Waals surface area contributed by atoms with Crippen molar-refractivity contribution in [3.05, 3.63) is 22.3 Å². The van der Waals surface area contributed by atoms with E-state index in [1.165, 1.54) is 0 Å². The molecule has 17 heavy (non-hydrogen) atoms. The van der Waals surface area contributed by atoms with Gasteiger partial charge in [-0.1, -0.05) is 23.2 Å². The van der Waals surface area contributed by atoms with Crippen molar-refractivity contribution in [3.63, 3.8) is 0 Å². The minimum absolute atomic E-state index is 0.454. The lowest BCUT2D eigenvalue weighted by molar-refractivity contribution is -0.137. The van der Waals surface area contributed by atoms with Crippen molar-refractivity contribution in [2.45, 2.75) is 12.2 Å². The molecule has 2 saturated heterocycles. The molecule has 3 rings (SSSR count). The van der Waals surface area contributed by atoms with Crippen molar-refractivity contribution >= 4 is 29.0 Å². The van der Waals surface area contributed by atoms with E-state index in [4.69, 9.17) is 32.7 Å². The normalized spacial score (nSPS) is 22.6. The number of nitrogens with zero attached hydrogens (tertiary/aromatic N) is 2. The fourth-order valence-electron chi connectivity index (χ4n) is 2.31. The number of anilines is 1. The molecule has 1 aromatic heterocycles. The standard InChI is InChI=1S/C11H12Cl2N2O2/c12-8-5-9(13)10(14-6-8)15-2-1-11(7-15)16-3-4-17-11/h5-6H,1-4,7H2. The summed E-state index contributed by atoms with van der Waals surface area (Å²) in [6.45, 7) is 2.82. The molecule has 2 aliphatic heterocycles. The Balaban J connectivity index is 1.82. The number of hydrogen-bond acceptors (Lipinski definition) is 4. The van der Waals surface area contributed by atoms with Gasteiger partial charge >= 0.3 is 0 Å². The quantitative estimate of drug-likeness (QED) is 0.788. The van der Waals surface area contributed by atoms with Crippen LogP contribution in [-0.2, 0) is 9.47 Å². The van der Waals surface area contributed by atoms with Crippen LogP contribution in [0.2, 0.25) is 10.0 Å². The van der Waals surface area contributed by atoms with E-state index < -0.39 is 5.79 Å². The summed E-state index contributed by atoms with van der Waals surface area (Å²) in [5.41, 5.74) is 0. The van der Waals surface area contributed by atoms with Gasteiger partial charge in [-0.15, -0.1) is 0 Å². The maximum absolute atomic E-state index is 6.13. The molecule has 0 radical (unpaired) electrons. The summed E-state index contributed by atoms with van der Waals surface area (Å²) >= 11 is 12.0. The molecular formula is C11H12Cl2N2O2. The van der Waals surface area contributed by atoms with Crippen LogP contribution in [0.4, 0.5) is 5.82 Å². The molecule has 6 heteroatoms. The first-order chi connectivity index (χ1) is 8.19. The highest BCUT2D eigenvalue weighted by atomic mass is 35.5. The number of hydrogen-bond donors (Lipinski definition) is 0. The average Bonchev–Trinajstić information content (AvgIpc) is 2.90. The molecule has 0 bridgehead atoms. The predicted octanol–water partition coefficient (Wildman–Crippen LogP) is 2.34. The Morgan fingerprint density at radius 1 is 1.29 bits per heavy atom. The van der Waals surface area contributed by atoms with Crippen LogP contribution in [0.15, 0.2) is 12.3 Å². The third kappa shape index (κ3) is 2.10. The molecule has 1 aromatic rings. The fraction of sp³-hybridized carbons (Fsp3) is 0.545. The van der Waals surface area contributed by atoms with E-state index in [9.17, 15) is 0 Å². The van der Waals surface area contributed by atoms with Crippen LogP contribution < -0.4 is 4.90 Å². The molecule has 0 aromatic carbocycles. The van der Waals surface area contributed by atoms with Crippen molar-refractivity contribution < 1.29 is 9.47 Å². The Morgan fingerprint density at radius 3 is 2.76 bits per heavy atom. The lowest BCUT2D eigenvalue weighted by Gasteiger charge is -2.23. The summed E-state index contributed by atoms with van der Waals surface area (Å²) in [5.74, 6) is 0.289. The highest BCUT2D eigenvalue weighted by Gasteiger charge is 2.44. The molecule has 0 amide bonds. The van der Waals surface area contributed by atoms with Crippen molar-refractivity contribution in [3.8, 4) is 0 Å². The molecular weight excluding hydrogens is 263 g/mol. The molecule has 2 aliphatic rings. The van der Waals surface area contributed by atoms with E-state index in [2.05, 4.69) is 9.88 Å². The summed E-state index contributed by atoms with van der Waals surface area (Å²) in [5, 5.41) is 1.11. The second-order valence-electron chi connectivity index (χ2n) is 4.24. The van der Waals surface area contributed by atoms with Crippen molar-refractivity contribution in [1.29, 1.82) is 0 Å². The Bertz CT molecular complexity index is 435. The van der Waals surface area contributed by atoms with E-state index in [0.717, 1.165) is 18.8 Å². The summed E-state index contributed by atoms with van der Waals surface area (Å²) in [6.07, 6.45) is 2.44. The first kappa shape index (κ1) is 11.5. The van der Waals surface area contributed by atoms with Crippen LogP contribution in [0.3, 0.4) is 0 Å². The lowest BCUT2D eigenvalue weighted by Crippen LogP contribution is -2.34. The lowest BCUT2D eigenvalue weighted by atomic mass is 10.2. The summed E-state index contributed by atoms with van der Waals surface area (Å²) in [6, 6.07) is 1.70. The third-order valence-electron chi connectivity index (χ3n) is 3.10. The monoisotopic (exact) mass is 274 g/mol. The number of pyridine rings is 1. The van der Waals surface area contributed by atoms with E-state index in [1.54, 1.807) is 12.3 Å².